The van der Waals surface area contributed by atoms with Crippen LogP contribution in [0.25, 0.3) is 0 Å². The predicted octanol–water partition coefficient (Wildman–Crippen LogP) is 4.53. The molecule has 2 aromatic rings. The quantitative estimate of drug-likeness (QED) is 0.684. The number of carbonyl (C=O) groups excluding carboxylic acids is 2. The number of thiophene rings is 1. The summed E-state index contributed by atoms with van der Waals surface area (Å²) >= 11 is 6.13. The molecule has 0 saturated heterocycles. The summed E-state index contributed by atoms with van der Waals surface area (Å²) in [6.45, 7) is 1.97. The smallest absolute Gasteiger partial charge is 0.234 e. The second kappa shape index (κ2) is 8.74. The van der Waals surface area contributed by atoms with Gasteiger partial charge in [0.05, 0.1) is 28.1 Å². The molecular weight excluding hydrogens is 446 g/mol. The van der Waals surface area contributed by atoms with Crippen LogP contribution in [0.3, 0.4) is 0 Å². The number of hydrogen-bond acceptors (Lipinski definition) is 5. The maximum Gasteiger partial charge on any atom is 0.234 e. The Kier molecular flexibility index (Phi) is 6.37. The van der Waals surface area contributed by atoms with Crippen LogP contribution in [0.4, 0.5) is 5.69 Å². The standard InChI is InChI=1S/C19H16BrN3O2S2/c1-11-4-5-15(14(20)7-11)22-18(25)10-27-19-13(9-21)12(8-17(24)23-19)16-3-2-6-26-16/h2-7,12H,8,10H2,1H3,(H,22,25)(H,23,24)/t12-/m1/s1. The number of amides is 2. The van der Waals surface area contributed by atoms with Gasteiger partial charge in [0, 0.05) is 21.7 Å². The number of halogens is 1. The van der Waals surface area contributed by atoms with Crippen LogP contribution < -0.4 is 10.6 Å². The monoisotopic (exact) mass is 461 g/mol. The lowest BCUT2D eigenvalue weighted by Gasteiger charge is -2.23. The minimum absolute atomic E-state index is 0.0955. The normalized spacial score (nSPS) is 16.6. The number of carbonyl (C=O) groups is 2. The number of nitrogens with one attached hydrogen (secondary N) is 2. The summed E-state index contributed by atoms with van der Waals surface area (Å²) in [6.07, 6.45) is 0.246. The Bertz CT molecular complexity index is 948. The molecule has 138 valence electrons. The number of hydrogen-bond donors (Lipinski definition) is 2. The van der Waals surface area contributed by atoms with Crippen LogP contribution >= 0.6 is 39.0 Å². The molecule has 0 aliphatic carbocycles. The van der Waals surface area contributed by atoms with E-state index in [-0.39, 0.29) is 29.9 Å². The highest BCUT2D eigenvalue weighted by atomic mass is 79.9. The summed E-state index contributed by atoms with van der Waals surface area (Å²) in [7, 11) is 0. The Balaban J connectivity index is 1.72. The Morgan fingerprint density at radius 1 is 1.48 bits per heavy atom. The fourth-order valence-electron chi connectivity index (χ4n) is 2.71. The van der Waals surface area contributed by atoms with Crippen molar-refractivity contribution in [2.75, 3.05) is 11.1 Å². The molecular formula is C19H16BrN3O2S2. The van der Waals surface area contributed by atoms with Crippen LogP contribution in [0.15, 0.2) is 50.8 Å². The largest absolute Gasteiger partial charge is 0.324 e. The van der Waals surface area contributed by atoms with Crippen LogP contribution in [-0.2, 0) is 9.59 Å². The van der Waals surface area contributed by atoms with Gasteiger partial charge < -0.3 is 10.6 Å². The van der Waals surface area contributed by atoms with E-state index in [2.05, 4.69) is 32.6 Å². The first-order valence-corrected chi connectivity index (χ1v) is 10.8. The summed E-state index contributed by atoms with van der Waals surface area (Å²) in [5, 5.41) is 17.6. The summed E-state index contributed by atoms with van der Waals surface area (Å²) in [5.41, 5.74) is 2.28. The maximum absolute atomic E-state index is 12.3. The molecule has 27 heavy (non-hydrogen) atoms. The number of benzene rings is 1. The minimum Gasteiger partial charge on any atom is -0.324 e. The Morgan fingerprint density at radius 3 is 2.96 bits per heavy atom. The van der Waals surface area contributed by atoms with Crippen LogP contribution in [0.5, 0.6) is 0 Å². The lowest BCUT2D eigenvalue weighted by molar-refractivity contribution is -0.121. The van der Waals surface area contributed by atoms with Gasteiger partial charge in [0.15, 0.2) is 0 Å². The van der Waals surface area contributed by atoms with E-state index in [4.69, 9.17) is 0 Å². The van der Waals surface area contributed by atoms with E-state index in [1.165, 1.54) is 23.1 Å². The van der Waals surface area contributed by atoms with Crippen molar-refractivity contribution in [1.29, 1.82) is 5.26 Å². The lowest BCUT2D eigenvalue weighted by Crippen LogP contribution is -2.31. The summed E-state index contributed by atoms with van der Waals surface area (Å²) in [4.78, 5) is 25.4. The molecule has 5 nitrogen and oxygen atoms in total. The van der Waals surface area contributed by atoms with Gasteiger partial charge in [-0.25, -0.2) is 0 Å². The van der Waals surface area contributed by atoms with Crippen molar-refractivity contribution >= 4 is 56.5 Å². The topological polar surface area (TPSA) is 82.0 Å². The fourth-order valence-corrected chi connectivity index (χ4v) is 5.02. The van der Waals surface area contributed by atoms with E-state index >= 15 is 0 Å². The van der Waals surface area contributed by atoms with Crippen LogP contribution in [0.2, 0.25) is 0 Å². The van der Waals surface area contributed by atoms with Crippen molar-refractivity contribution in [2.24, 2.45) is 0 Å². The van der Waals surface area contributed by atoms with Crippen LogP contribution in [-0.4, -0.2) is 17.6 Å². The molecule has 0 saturated carbocycles. The minimum atomic E-state index is -0.249. The number of nitrogens with zero attached hydrogens (tertiary/aromatic N) is 1. The highest BCUT2D eigenvalue weighted by Gasteiger charge is 2.30. The first kappa shape index (κ1) is 19.7. The predicted molar refractivity (Wildman–Crippen MR) is 112 cm³/mol. The highest BCUT2D eigenvalue weighted by Crippen LogP contribution is 2.37. The molecule has 1 aliphatic rings. The van der Waals surface area contributed by atoms with Crippen molar-refractivity contribution in [3.8, 4) is 6.07 Å². The molecule has 2 N–H and O–H groups in total. The molecule has 0 spiro atoms. The number of rotatable bonds is 5. The van der Waals surface area contributed by atoms with Gasteiger partial charge >= 0.3 is 0 Å². The van der Waals surface area contributed by atoms with E-state index in [0.717, 1.165) is 14.9 Å². The van der Waals surface area contributed by atoms with Gasteiger partial charge in [-0.1, -0.05) is 23.9 Å². The second-order valence-corrected chi connectivity index (χ2v) is 8.81. The van der Waals surface area contributed by atoms with Crippen LogP contribution in [0.1, 0.15) is 22.8 Å². The highest BCUT2D eigenvalue weighted by molar-refractivity contribution is 9.10. The number of thioether (sulfide) groups is 1. The van der Waals surface area contributed by atoms with Crippen molar-refractivity contribution < 1.29 is 9.59 Å². The SMILES string of the molecule is Cc1ccc(NC(=O)CSC2=C(C#N)[C@H](c3cccs3)CC(=O)N2)c(Br)c1. The summed E-state index contributed by atoms with van der Waals surface area (Å²) < 4.78 is 0.807. The molecule has 1 aliphatic heterocycles. The number of nitriles is 1. The van der Waals surface area contributed by atoms with E-state index in [0.29, 0.717) is 16.3 Å². The fraction of sp³-hybridized carbons (Fsp3) is 0.211. The third kappa shape index (κ3) is 4.80. The molecule has 1 aromatic carbocycles. The molecule has 3 rings (SSSR count). The first-order chi connectivity index (χ1) is 13.0. The van der Waals surface area contributed by atoms with Crippen LogP contribution in [0, 0.1) is 18.3 Å². The number of aryl methyl sites for hydroxylation is 1. The number of allylic oxidation sites excluding steroid dienone is 1. The van der Waals surface area contributed by atoms with E-state index in [1.807, 2.05) is 42.6 Å². The molecule has 8 heteroatoms. The van der Waals surface area contributed by atoms with Gasteiger partial charge in [-0.15, -0.1) is 11.3 Å². The van der Waals surface area contributed by atoms with Gasteiger partial charge in [-0.05, 0) is 52.0 Å². The van der Waals surface area contributed by atoms with E-state index in [9.17, 15) is 14.9 Å². The van der Waals surface area contributed by atoms with Gasteiger partial charge in [0.1, 0.15) is 0 Å². The molecule has 0 unspecified atom stereocenters. The Morgan fingerprint density at radius 2 is 2.30 bits per heavy atom. The van der Waals surface area contributed by atoms with Gasteiger partial charge in [-0.2, -0.15) is 5.26 Å². The van der Waals surface area contributed by atoms with Crippen molar-refractivity contribution in [2.45, 2.75) is 19.3 Å². The second-order valence-electron chi connectivity index (χ2n) is 6.00. The lowest BCUT2D eigenvalue weighted by atomic mass is 9.93. The molecule has 0 radical (unpaired) electrons. The average Bonchev–Trinajstić information content (AvgIpc) is 3.16. The van der Waals surface area contributed by atoms with Gasteiger partial charge in [0.25, 0.3) is 0 Å². The first-order valence-electron chi connectivity index (χ1n) is 8.14. The van der Waals surface area contributed by atoms with Crippen molar-refractivity contribution in [3.63, 3.8) is 0 Å². The van der Waals surface area contributed by atoms with E-state index in [1.54, 1.807) is 0 Å². The average molecular weight is 462 g/mol. The summed E-state index contributed by atoms with van der Waals surface area (Å²) in [5.74, 6) is -0.503. The third-order valence-electron chi connectivity index (χ3n) is 3.99. The van der Waals surface area contributed by atoms with Crippen molar-refractivity contribution in [3.05, 3.63) is 61.2 Å². The molecule has 2 amide bonds. The molecule has 1 aromatic heterocycles. The van der Waals surface area contributed by atoms with Gasteiger partial charge in [-0.3, -0.25) is 9.59 Å². The number of anilines is 1. The Hall–Kier alpha value is -2.08. The maximum atomic E-state index is 12.3. The molecule has 0 fully saturated rings. The molecule has 0 bridgehead atoms. The van der Waals surface area contributed by atoms with Gasteiger partial charge in [0.2, 0.25) is 11.8 Å². The zero-order valence-electron chi connectivity index (χ0n) is 14.4. The summed E-state index contributed by atoms with van der Waals surface area (Å²) in [6, 6.07) is 11.7. The van der Waals surface area contributed by atoms with E-state index < -0.39 is 0 Å². The van der Waals surface area contributed by atoms with Crippen molar-refractivity contribution in [1.82, 2.24) is 5.32 Å². The zero-order chi connectivity index (χ0) is 19.4. The Labute approximate surface area is 174 Å². The third-order valence-corrected chi connectivity index (χ3v) is 6.65. The molecule has 2 heterocycles. The zero-order valence-corrected chi connectivity index (χ0v) is 17.6. The molecule has 1 atom stereocenters.